The van der Waals surface area contributed by atoms with Gasteiger partial charge in [-0.1, -0.05) is 32.1 Å². The predicted octanol–water partition coefficient (Wildman–Crippen LogP) is 5.10. The third kappa shape index (κ3) is 5.00. The van der Waals surface area contributed by atoms with Crippen LogP contribution < -0.4 is 4.74 Å². The van der Waals surface area contributed by atoms with Crippen molar-refractivity contribution in [3.63, 3.8) is 0 Å². The fourth-order valence-electron chi connectivity index (χ4n) is 3.53. The third-order valence-corrected chi connectivity index (χ3v) is 4.91. The molecule has 8 heteroatoms. The quantitative estimate of drug-likeness (QED) is 0.710. The van der Waals surface area contributed by atoms with Gasteiger partial charge in [-0.25, -0.2) is 0 Å². The van der Waals surface area contributed by atoms with Crippen LogP contribution in [0, 0.1) is 17.2 Å². The molecule has 0 amide bonds. The topological polar surface area (TPSA) is 74.6 Å². The zero-order valence-electron chi connectivity index (χ0n) is 14.9. The normalized spacial score (nSPS) is 15.5. The van der Waals surface area contributed by atoms with E-state index in [-0.39, 0.29) is 22.7 Å². The SMILES string of the molecule is N#Cc1n[nH]nc1-c1cc(OCCCC2CCCCC2)cc(C(F)(F)F)c1. The molecule has 2 aromatic rings. The van der Waals surface area contributed by atoms with Crippen molar-refractivity contribution < 1.29 is 17.9 Å². The largest absolute Gasteiger partial charge is 0.494 e. The van der Waals surface area contributed by atoms with Crippen LogP contribution in [0.1, 0.15) is 56.2 Å². The monoisotopic (exact) mass is 378 g/mol. The van der Waals surface area contributed by atoms with Crippen LogP contribution in [-0.4, -0.2) is 22.0 Å². The van der Waals surface area contributed by atoms with Crippen molar-refractivity contribution in [3.8, 4) is 23.1 Å². The molecule has 1 aliphatic rings. The zero-order chi connectivity index (χ0) is 19.3. The van der Waals surface area contributed by atoms with Gasteiger partial charge in [0.2, 0.25) is 0 Å². The summed E-state index contributed by atoms with van der Waals surface area (Å²) in [7, 11) is 0. The summed E-state index contributed by atoms with van der Waals surface area (Å²) in [4.78, 5) is 0. The molecule has 0 atom stereocenters. The van der Waals surface area contributed by atoms with Gasteiger partial charge < -0.3 is 4.74 Å². The van der Waals surface area contributed by atoms with E-state index in [1.54, 1.807) is 0 Å². The summed E-state index contributed by atoms with van der Waals surface area (Å²) in [5.74, 6) is 0.822. The number of nitrogens with one attached hydrogen (secondary N) is 1. The molecule has 0 saturated heterocycles. The molecule has 27 heavy (non-hydrogen) atoms. The molecule has 1 aromatic carbocycles. The molecule has 0 radical (unpaired) electrons. The number of benzene rings is 1. The molecule has 5 nitrogen and oxygen atoms in total. The van der Waals surface area contributed by atoms with Gasteiger partial charge in [0.25, 0.3) is 0 Å². The van der Waals surface area contributed by atoms with E-state index in [0.717, 1.165) is 25.0 Å². The standard InChI is InChI=1S/C19H21F3N4O/c20-19(21,22)15-9-14(18-17(12-23)24-26-25-18)10-16(11-15)27-8-4-7-13-5-2-1-3-6-13/h9-11,13H,1-8H2,(H,24,25,26). The Hall–Kier alpha value is -2.56. The first-order valence-electron chi connectivity index (χ1n) is 9.13. The number of H-pyrrole nitrogens is 1. The number of halogens is 3. The van der Waals surface area contributed by atoms with Crippen LogP contribution >= 0.6 is 0 Å². The van der Waals surface area contributed by atoms with E-state index in [2.05, 4.69) is 15.4 Å². The molecule has 144 valence electrons. The van der Waals surface area contributed by atoms with Crippen LogP contribution in [0.5, 0.6) is 5.75 Å². The van der Waals surface area contributed by atoms with Crippen LogP contribution in [0.15, 0.2) is 18.2 Å². The van der Waals surface area contributed by atoms with Crippen molar-refractivity contribution in [2.75, 3.05) is 6.61 Å². The average Bonchev–Trinajstić information content (AvgIpc) is 3.14. The zero-order valence-corrected chi connectivity index (χ0v) is 14.9. The number of aromatic nitrogens is 3. The first-order valence-corrected chi connectivity index (χ1v) is 9.13. The number of alkyl halides is 3. The van der Waals surface area contributed by atoms with Crippen LogP contribution in [0.3, 0.4) is 0 Å². The van der Waals surface area contributed by atoms with Gasteiger partial charge in [-0.3, -0.25) is 0 Å². The van der Waals surface area contributed by atoms with Gasteiger partial charge in [0.15, 0.2) is 5.69 Å². The highest BCUT2D eigenvalue weighted by molar-refractivity contribution is 5.66. The number of ether oxygens (including phenoxy) is 1. The molecular weight excluding hydrogens is 357 g/mol. The van der Waals surface area contributed by atoms with Gasteiger partial charge in [0.1, 0.15) is 17.5 Å². The van der Waals surface area contributed by atoms with E-state index in [1.165, 1.54) is 38.2 Å². The predicted molar refractivity (Wildman–Crippen MR) is 92.8 cm³/mol. The lowest BCUT2D eigenvalue weighted by Crippen LogP contribution is -2.09. The Bertz CT molecular complexity index is 804. The highest BCUT2D eigenvalue weighted by Crippen LogP contribution is 2.36. The summed E-state index contributed by atoms with van der Waals surface area (Å²) in [5.41, 5.74) is -0.667. The molecule has 0 spiro atoms. The Morgan fingerprint density at radius 1 is 1.15 bits per heavy atom. The summed E-state index contributed by atoms with van der Waals surface area (Å²) in [6.07, 6.45) is 3.62. The smallest absolute Gasteiger partial charge is 0.416 e. The molecule has 1 aliphatic carbocycles. The summed E-state index contributed by atoms with van der Waals surface area (Å²) >= 11 is 0. The molecule has 0 aliphatic heterocycles. The average molecular weight is 378 g/mol. The van der Waals surface area contributed by atoms with Gasteiger partial charge in [-0.15, -0.1) is 5.10 Å². The van der Waals surface area contributed by atoms with Crippen molar-refractivity contribution in [1.82, 2.24) is 15.4 Å². The van der Waals surface area contributed by atoms with Crippen molar-refractivity contribution in [2.24, 2.45) is 5.92 Å². The van der Waals surface area contributed by atoms with Crippen LogP contribution in [0.2, 0.25) is 0 Å². The lowest BCUT2D eigenvalue weighted by Gasteiger charge is -2.21. The van der Waals surface area contributed by atoms with Crippen molar-refractivity contribution in [2.45, 2.75) is 51.1 Å². The first kappa shape index (κ1) is 19.2. The number of hydrogen-bond acceptors (Lipinski definition) is 4. The van der Waals surface area contributed by atoms with Crippen LogP contribution in [0.25, 0.3) is 11.3 Å². The lowest BCUT2D eigenvalue weighted by molar-refractivity contribution is -0.137. The Morgan fingerprint density at radius 2 is 1.93 bits per heavy atom. The summed E-state index contributed by atoms with van der Waals surface area (Å²) in [6, 6.07) is 5.21. The minimum absolute atomic E-state index is 0.0578. The van der Waals surface area contributed by atoms with Crippen LogP contribution in [0.4, 0.5) is 13.2 Å². The Balaban J connectivity index is 1.72. The number of rotatable bonds is 6. The molecule has 3 rings (SSSR count). The van der Waals surface area contributed by atoms with Gasteiger partial charge in [-0.2, -0.15) is 28.7 Å². The molecule has 1 N–H and O–H groups in total. The fraction of sp³-hybridized carbons (Fsp3) is 0.526. The Labute approximate surface area is 155 Å². The van der Waals surface area contributed by atoms with Crippen molar-refractivity contribution >= 4 is 0 Å². The second-order valence-electron chi connectivity index (χ2n) is 6.87. The highest BCUT2D eigenvalue weighted by atomic mass is 19.4. The Kier molecular flexibility index (Phi) is 5.99. The minimum Gasteiger partial charge on any atom is -0.494 e. The van der Waals surface area contributed by atoms with Crippen molar-refractivity contribution in [1.29, 1.82) is 5.26 Å². The molecule has 1 fully saturated rings. The van der Waals surface area contributed by atoms with Gasteiger partial charge >= 0.3 is 6.18 Å². The highest BCUT2D eigenvalue weighted by Gasteiger charge is 2.32. The maximum absolute atomic E-state index is 13.2. The number of nitriles is 1. The van der Waals surface area contributed by atoms with E-state index in [1.807, 2.05) is 6.07 Å². The fourth-order valence-corrected chi connectivity index (χ4v) is 3.53. The summed E-state index contributed by atoms with van der Waals surface area (Å²) in [6.45, 7) is 0.362. The summed E-state index contributed by atoms with van der Waals surface area (Å²) < 4.78 is 45.3. The molecule has 0 unspecified atom stereocenters. The third-order valence-electron chi connectivity index (χ3n) is 4.91. The van der Waals surface area contributed by atoms with E-state index in [0.29, 0.717) is 12.5 Å². The second kappa shape index (κ2) is 8.42. The van der Waals surface area contributed by atoms with Gasteiger partial charge in [-0.05, 0) is 37.0 Å². The van der Waals surface area contributed by atoms with Gasteiger partial charge in [0.05, 0.1) is 12.2 Å². The van der Waals surface area contributed by atoms with E-state index < -0.39 is 11.7 Å². The second-order valence-corrected chi connectivity index (χ2v) is 6.87. The van der Waals surface area contributed by atoms with Crippen LogP contribution in [-0.2, 0) is 6.18 Å². The number of nitrogens with zero attached hydrogens (tertiary/aromatic N) is 3. The summed E-state index contributed by atoms with van der Waals surface area (Å²) in [5, 5.41) is 18.7. The minimum atomic E-state index is -4.52. The maximum atomic E-state index is 13.2. The van der Waals surface area contributed by atoms with Gasteiger partial charge in [0, 0.05) is 5.56 Å². The molecule has 1 saturated carbocycles. The molecule has 1 aromatic heterocycles. The molecule has 1 heterocycles. The molecular formula is C19H21F3N4O. The number of aromatic amines is 1. The maximum Gasteiger partial charge on any atom is 0.416 e. The van der Waals surface area contributed by atoms with E-state index >= 15 is 0 Å². The van der Waals surface area contributed by atoms with Crippen molar-refractivity contribution in [3.05, 3.63) is 29.5 Å². The van der Waals surface area contributed by atoms with E-state index in [4.69, 9.17) is 10.00 Å². The number of hydrogen-bond donors (Lipinski definition) is 1. The first-order chi connectivity index (χ1) is 13.0. The molecule has 0 bridgehead atoms. The lowest BCUT2D eigenvalue weighted by atomic mass is 9.86. The Morgan fingerprint density at radius 3 is 2.63 bits per heavy atom. The van der Waals surface area contributed by atoms with E-state index in [9.17, 15) is 13.2 Å².